The van der Waals surface area contributed by atoms with Gasteiger partial charge in [0.1, 0.15) is 5.75 Å². The molecule has 5 N–H and O–H groups in total. The number of benzene rings is 1. The number of rotatable bonds is 2. The molecule has 0 aromatic heterocycles. The van der Waals surface area contributed by atoms with Crippen molar-refractivity contribution in [2.24, 2.45) is 0 Å². The summed E-state index contributed by atoms with van der Waals surface area (Å²) in [4.78, 5) is 0. The highest BCUT2D eigenvalue weighted by Gasteiger charge is 2.25. The molecule has 17 heavy (non-hydrogen) atoms. The second kappa shape index (κ2) is 4.94. The monoisotopic (exact) mass is 236 g/mol. The zero-order valence-electron chi connectivity index (χ0n) is 10.1. The molecule has 0 saturated carbocycles. The van der Waals surface area contributed by atoms with Crippen LogP contribution in [0.25, 0.3) is 0 Å². The minimum absolute atomic E-state index is 0.0610. The molecule has 0 aliphatic carbocycles. The first-order valence-electron chi connectivity index (χ1n) is 6.10. The van der Waals surface area contributed by atoms with Crippen molar-refractivity contribution in [1.82, 2.24) is 5.32 Å². The summed E-state index contributed by atoms with van der Waals surface area (Å²) in [6, 6.07) is 5.40. The maximum absolute atomic E-state index is 10.3. The van der Waals surface area contributed by atoms with E-state index < -0.39 is 6.10 Å². The average Bonchev–Trinajstić information content (AvgIpc) is 2.32. The quantitative estimate of drug-likeness (QED) is 0.464. The topological polar surface area (TPSA) is 78.5 Å². The van der Waals surface area contributed by atoms with Crippen LogP contribution in [0.3, 0.4) is 0 Å². The number of nitrogen functional groups attached to an aromatic ring is 1. The van der Waals surface area contributed by atoms with Gasteiger partial charge in [-0.3, -0.25) is 0 Å². The molecule has 4 heteroatoms. The first kappa shape index (κ1) is 12.2. The van der Waals surface area contributed by atoms with Crippen LogP contribution < -0.4 is 11.1 Å². The van der Waals surface area contributed by atoms with Gasteiger partial charge in [0.15, 0.2) is 0 Å². The Balaban J connectivity index is 2.12. The van der Waals surface area contributed by atoms with E-state index in [9.17, 15) is 10.2 Å². The molecule has 0 amide bonds. The lowest BCUT2D eigenvalue weighted by Crippen LogP contribution is -2.44. The number of hydrogen-bond acceptors (Lipinski definition) is 4. The summed E-state index contributed by atoms with van der Waals surface area (Å²) in [7, 11) is 0. The molecule has 1 heterocycles. The van der Waals surface area contributed by atoms with Crippen LogP contribution in [-0.4, -0.2) is 22.3 Å². The normalized spacial score (nSPS) is 26.7. The molecule has 1 aliphatic heterocycles. The van der Waals surface area contributed by atoms with Crippen LogP contribution in [0.15, 0.2) is 18.2 Å². The molecule has 2 rings (SSSR count). The summed E-state index contributed by atoms with van der Waals surface area (Å²) < 4.78 is 0. The lowest BCUT2D eigenvalue weighted by Gasteiger charge is -2.32. The van der Waals surface area contributed by atoms with Crippen molar-refractivity contribution in [1.29, 1.82) is 0 Å². The highest BCUT2D eigenvalue weighted by atomic mass is 16.3. The Bertz CT molecular complexity index is 395. The number of nitrogens with one attached hydrogen (secondary N) is 1. The maximum Gasteiger partial charge on any atom is 0.138 e. The summed E-state index contributed by atoms with van der Waals surface area (Å²) in [6.45, 7) is 2.13. The van der Waals surface area contributed by atoms with Crippen LogP contribution in [0.4, 0.5) is 5.69 Å². The van der Waals surface area contributed by atoms with Crippen molar-refractivity contribution in [2.45, 2.75) is 44.4 Å². The van der Waals surface area contributed by atoms with Gasteiger partial charge in [-0.25, -0.2) is 0 Å². The van der Waals surface area contributed by atoms with Crippen molar-refractivity contribution >= 4 is 5.69 Å². The van der Waals surface area contributed by atoms with E-state index in [4.69, 9.17) is 5.73 Å². The Morgan fingerprint density at radius 3 is 2.82 bits per heavy atom. The van der Waals surface area contributed by atoms with Gasteiger partial charge in [-0.05, 0) is 37.5 Å². The Kier molecular flexibility index (Phi) is 3.54. The minimum atomic E-state index is -0.569. The van der Waals surface area contributed by atoms with Crippen LogP contribution in [-0.2, 0) is 0 Å². The lowest BCUT2D eigenvalue weighted by atomic mass is 9.92. The number of anilines is 1. The Hall–Kier alpha value is -1.26. The van der Waals surface area contributed by atoms with E-state index in [-0.39, 0.29) is 11.8 Å². The molecule has 0 bridgehead atoms. The SMILES string of the molecule is CC1CCCC(C(O)c2ccc(O)c(N)c2)N1. The van der Waals surface area contributed by atoms with E-state index in [0.717, 1.165) is 24.8 Å². The Morgan fingerprint density at radius 1 is 1.41 bits per heavy atom. The Morgan fingerprint density at radius 2 is 2.18 bits per heavy atom. The zero-order chi connectivity index (χ0) is 12.4. The van der Waals surface area contributed by atoms with Gasteiger partial charge in [-0.15, -0.1) is 0 Å². The summed E-state index contributed by atoms with van der Waals surface area (Å²) in [5, 5.41) is 23.0. The van der Waals surface area contributed by atoms with Gasteiger partial charge in [0.2, 0.25) is 0 Å². The zero-order valence-corrected chi connectivity index (χ0v) is 10.1. The number of aliphatic hydroxyl groups excluding tert-OH is 1. The van der Waals surface area contributed by atoms with E-state index in [1.54, 1.807) is 12.1 Å². The largest absolute Gasteiger partial charge is 0.506 e. The molecule has 1 saturated heterocycles. The van der Waals surface area contributed by atoms with Gasteiger partial charge in [0.05, 0.1) is 11.8 Å². The average molecular weight is 236 g/mol. The van der Waals surface area contributed by atoms with Crippen LogP contribution in [0.5, 0.6) is 5.75 Å². The minimum Gasteiger partial charge on any atom is -0.506 e. The first-order valence-corrected chi connectivity index (χ1v) is 6.10. The van der Waals surface area contributed by atoms with Crippen LogP contribution >= 0.6 is 0 Å². The number of phenolic OH excluding ortho intramolecular Hbond substituents is 1. The second-order valence-corrected chi connectivity index (χ2v) is 4.87. The van der Waals surface area contributed by atoms with Gasteiger partial charge >= 0.3 is 0 Å². The van der Waals surface area contributed by atoms with Crippen LogP contribution in [0.1, 0.15) is 37.9 Å². The van der Waals surface area contributed by atoms with E-state index in [0.29, 0.717) is 11.7 Å². The van der Waals surface area contributed by atoms with Crippen molar-refractivity contribution in [3.63, 3.8) is 0 Å². The molecule has 3 atom stereocenters. The van der Waals surface area contributed by atoms with Crippen molar-refractivity contribution in [2.75, 3.05) is 5.73 Å². The predicted molar refractivity (Wildman–Crippen MR) is 67.7 cm³/mol. The van der Waals surface area contributed by atoms with Crippen LogP contribution in [0, 0.1) is 0 Å². The second-order valence-electron chi connectivity index (χ2n) is 4.87. The standard InChI is InChI=1S/C13H20N2O2/c1-8-3-2-4-11(15-8)13(17)9-5-6-12(16)10(14)7-9/h5-8,11,13,15-17H,2-4,14H2,1H3. The third-order valence-corrected chi connectivity index (χ3v) is 3.43. The molecule has 1 aromatic rings. The number of piperidine rings is 1. The molecule has 0 radical (unpaired) electrons. The smallest absolute Gasteiger partial charge is 0.138 e. The fourth-order valence-corrected chi connectivity index (χ4v) is 2.41. The van der Waals surface area contributed by atoms with Gasteiger partial charge < -0.3 is 21.3 Å². The van der Waals surface area contributed by atoms with Gasteiger partial charge in [0.25, 0.3) is 0 Å². The summed E-state index contributed by atoms with van der Waals surface area (Å²) in [5.74, 6) is 0.0610. The molecule has 1 aliphatic rings. The molecule has 3 unspecified atom stereocenters. The third-order valence-electron chi connectivity index (χ3n) is 3.43. The van der Waals surface area contributed by atoms with E-state index in [2.05, 4.69) is 12.2 Å². The highest BCUT2D eigenvalue weighted by Crippen LogP contribution is 2.28. The molecular formula is C13H20N2O2. The molecule has 1 fully saturated rings. The van der Waals surface area contributed by atoms with Gasteiger partial charge in [-0.2, -0.15) is 0 Å². The van der Waals surface area contributed by atoms with Crippen molar-refractivity contribution < 1.29 is 10.2 Å². The molecule has 0 spiro atoms. The molecule has 1 aromatic carbocycles. The predicted octanol–water partition coefficient (Wildman–Crippen LogP) is 1.54. The van der Waals surface area contributed by atoms with Gasteiger partial charge in [0, 0.05) is 12.1 Å². The number of hydrogen-bond donors (Lipinski definition) is 4. The molecule has 4 nitrogen and oxygen atoms in total. The molecular weight excluding hydrogens is 216 g/mol. The lowest BCUT2D eigenvalue weighted by molar-refractivity contribution is 0.104. The third kappa shape index (κ3) is 2.70. The summed E-state index contributed by atoms with van der Waals surface area (Å²) >= 11 is 0. The Labute approximate surface area is 101 Å². The number of aromatic hydroxyl groups is 1. The fraction of sp³-hybridized carbons (Fsp3) is 0.538. The fourth-order valence-electron chi connectivity index (χ4n) is 2.41. The van der Waals surface area contributed by atoms with E-state index >= 15 is 0 Å². The van der Waals surface area contributed by atoms with Crippen molar-refractivity contribution in [3.8, 4) is 5.75 Å². The van der Waals surface area contributed by atoms with Crippen LogP contribution in [0.2, 0.25) is 0 Å². The van der Waals surface area contributed by atoms with E-state index in [1.807, 2.05) is 0 Å². The van der Waals surface area contributed by atoms with E-state index in [1.165, 1.54) is 6.07 Å². The van der Waals surface area contributed by atoms with Gasteiger partial charge in [-0.1, -0.05) is 12.5 Å². The summed E-state index contributed by atoms with van der Waals surface area (Å²) in [5.41, 5.74) is 6.70. The highest BCUT2D eigenvalue weighted by molar-refractivity contribution is 5.53. The first-order chi connectivity index (χ1) is 8.08. The molecule has 94 valence electrons. The number of phenols is 1. The maximum atomic E-state index is 10.3. The van der Waals surface area contributed by atoms with Crippen molar-refractivity contribution in [3.05, 3.63) is 23.8 Å². The number of nitrogens with two attached hydrogens (primary N) is 1. The number of aliphatic hydroxyl groups is 1. The summed E-state index contributed by atoms with van der Waals surface area (Å²) in [6.07, 6.45) is 2.68.